The maximum atomic E-state index is 11.4. The molecule has 0 aliphatic heterocycles. The number of nitrogens with one attached hydrogen (secondary N) is 3. The van der Waals surface area contributed by atoms with Crippen LogP contribution in [0.4, 0.5) is 11.9 Å². The summed E-state index contributed by atoms with van der Waals surface area (Å²) in [7, 11) is 0. The highest BCUT2D eigenvalue weighted by Gasteiger charge is 2.13. The highest BCUT2D eigenvalue weighted by Crippen LogP contribution is 2.01. The van der Waals surface area contributed by atoms with Crippen molar-refractivity contribution in [3.8, 4) is 0 Å². The molecule has 1 rings (SSSR count). The summed E-state index contributed by atoms with van der Waals surface area (Å²) in [4.78, 5) is 15.3. The Morgan fingerprint density at radius 2 is 2.19 bits per heavy atom. The summed E-state index contributed by atoms with van der Waals surface area (Å²) in [6.07, 6.45) is 0.367. The topological polar surface area (TPSA) is 109 Å². The monoisotopic (exact) mass is 226 g/mol. The maximum Gasteiger partial charge on any atom is 0.243 e. The van der Waals surface area contributed by atoms with Gasteiger partial charge in [0.1, 0.15) is 0 Å². The van der Waals surface area contributed by atoms with E-state index in [1.807, 2.05) is 20.8 Å². The van der Waals surface area contributed by atoms with Crippen molar-refractivity contribution in [2.45, 2.75) is 32.7 Å². The molecule has 1 heterocycles. The van der Waals surface area contributed by atoms with Crippen LogP contribution < -0.4 is 16.4 Å². The van der Waals surface area contributed by atoms with Crippen molar-refractivity contribution in [3.05, 3.63) is 0 Å². The molecule has 90 valence electrons. The van der Waals surface area contributed by atoms with Crippen molar-refractivity contribution >= 4 is 17.8 Å². The van der Waals surface area contributed by atoms with Crippen LogP contribution in [0.25, 0.3) is 0 Å². The minimum Gasteiger partial charge on any atom is -0.368 e. The number of anilines is 2. The molecule has 7 heteroatoms. The molecule has 0 aliphatic carbocycles. The number of aromatic nitrogens is 3. The minimum atomic E-state index is -0.202. The van der Waals surface area contributed by atoms with Crippen LogP contribution in [-0.4, -0.2) is 33.2 Å². The van der Waals surface area contributed by atoms with E-state index in [-0.39, 0.29) is 17.4 Å². The zero-order valence-corrected chi connectivity index (χ0v) is 9.79. The van der Waals surface area contributed by atoms with E-state index in [0.717, 1.165) is 0 Å². The molecule has 0 fully saturated rings. The van der Waals surface area contributed by atoms with Crippen LogP contribution in [0.1, 0.15) is 27.2 Å². The number of nitrogens with two attached hydrogens (primary N) is 1. The fourth-order valence-corrected chi connectivity index (χ4v) is 1.12. The van der Waals surface area contributed by atoms with Gasteiger partial charge in [-0.2, -0.15) is 4.98 Å². The maximum absolute atomic E-state index is 11.4. The van der Waals surface area contributed by atoms with Gasteiger partial charge in [0.05, 0.1) is 0 Å². The van der Waals surface area contributed by atoms with Gasteiger partial charge in [-0.05, 0) is 20.8 Å². The van der Waals surface area contributed by atoms with Crippen LogP contribution in [0, 0.1) is 0 Å². The second-order valence-corrected chi connectivity index (χ2v) is 4.52. The Morgan fingerprint density at radius 1 is 1.50 bits per heavy atom. The third-order valence-corrected chi connectivity index (χ3v) is 1.65. The van der Waals surface area contributed by atoms with E-state index in [9.17, 15) is 4.79 Å². The molecule has 16 heavy (non-hydrogen) atoms. The van der Waals surface area contributed by atoms with E-state index < -0.39 is 0 Å². The molecule has 1 aromatic heterocycles. The molecular formula is C9H18N6O. The number of H-pyrrole nitrogens is 1. The molecule has 7 nitrogen and oxygen atoms in total. The Kier molecular flexibility index (Phi) is 3.70. The summed E-state index contributed by atoms with van der Waals surface area (Å²) in [5.41, 5.74) is 5.14. The van der Waals surface area contributed by atoms with Gasteiger partial charge in [-0.3, -0.25) is 4.79 Å². The summed E-state index contributed by atoms with van der Waals surface area (Å²) >= 11 is 0. The third-order valence-electron chi connectivity index (χ3n) is 1.65. The lowest BCUT2D eigenvalue weighted by atomic mass is 10.1. The molecule has 1 amide bonds. The van der Waals surface area contributed by atoms with E-state index in [4.69, 9.17) is 5.73 Å². The predicted octanol–water partition coefficient (Wildman–Crippen LogP) is 0.104. The Hall–Kier alpha value is -1.79. The number of amides is 1. The lowest BCUT2D eigenvalue weighted by Crippen LogP contribution is -2.41. The van der Waals surface area contributed by atoms with E-state index in [1.54, 1.807) is 0 Å². The molecule has 0 bridgehead atoms. The van der Waals surface area contributed by atoms with Crippen molar-refractivity contribution in [3.63, 3.8) is 0 Å². The molecule has 0 unspecified atom stereocenters. The van der Waals surface area contributed by atoms with E-state index >= 15 is 0 Å². The summed E-state index contributed by atoms with van der Waals surface area (Å²) < 4.78 is 0. The first kappa shape index (κ1) is 12.3. The minimum absolute atomic E-state index is 0.0106. The largest absolute Gasteiger partial charge is 0.368 e. The molecule has 0 radical (unpaired) electrons. The summed E-state index contributed by atoms with van der Waals surface area (Å²) in [6.45, 7) is 6.29. The van der Waals surface area contributed by atoms with Crippen LogP contribution in [-0.2, 0) is 4.79 Å². The van der Waals surface area contributed by atoms with Gasteiger partial charge in [-0.15, -0.1) is 5.10 Å². The lowest BCUT2D eigenvalue weighted by molar-refractivity contribution is -0.122. The van der Waals surface area contributed by atoms with Crippen LogP contribution in [0.2, 0.25) is 0 Å². The highest BCUT2D eigenvalue weighted by molar-refractivity contribution is 5.77. The zero-order chi connectivity index (χ0) is 12.2. The van der Waals surface area contributed by atoms with Gasteiger partial charge in [0.2, 0.25) is 17.8 Å². The SMILES string of the molecule is CC(C)(C)NC(=O)CCNc1n[nH]c(N)n1. The molecular weight excluding hydrogens is 208 g/mol. The molecule has 5 N–H and O–H groups in total. The molecule has 0 atom stereocenters. The van der Waals surface area contributed by atoms with Gasteiger partial charge in [0.25, 0.3) is 0 Å². The van der Waals surface area contributed by atoms with Gasteiger partial charge in [-0.1, -0.05) is 0 Å². The number of nitrogens with zero attached hydrogens (tertiary/aromatic N) is 2. The highest BCUT2D eigenvalue weighted by atomic mass is 16.1. The first-order valence-corrected chi connectivity index (χ1v) is 5.09. The summed E-state index contributed by atoms with van der Waals surface area (Å²) in [6, 6.07) is 0. The molecule has 0 saturated heterocycles. The first-order valence-electron chi connectivity index (χ1n) is 5.09. The van der Waals surface area contributed by atoms with Crippen molar-refractivity contribution in [1.29, 1.82) is 0 Å². The smallest absolute Gasteiger partial charge is 0.243 e. The molecule has 0 aliphatic rings. The average molecular weight is 226 g/mol. The third kappa shape index (κ3) is 4.63. The number of nitrogen functional groups attached to an aromatic ring is 1. The van der Waals surface area contributed by atoms with Crippen molar-refractivity contribution in [2.24, 2.45) is 0 Å². The van der Waals surface area contributed by atoms with Crippen molar-refractivity contribution in [2.75, 3.05) is 17.6 Å². The second-order valence-electron chi connectivity index (χ2n) is 4.52. The fraction of sp³-hybridized carbons (Fsp3) is 0.667. The Labute approximate surface area is 94.2 Å². The second kappa shape index (κ2) is 4.82. The quantitative estimate of drug-likeness (QED) is 0.582. The van der Waals surface area contributed by atoms with E-state index in [0.29, 0.717) is 18.9 Å². The van der Waals surface area contributed by atoms with Crippen LogP contribution in [0.15, 0.2) is 0 Å². The van der Waals surface area contributed by atoms with Gasteiger partial charge < -0.3 is 16.4 Å². The van der Waals surface area contributed by atoms with Crippen molar-refractivity contribution in [1.82, 2.24) is 20.5 Å². The number of hydrogen-bond acceptors (Lipinski definition) is 5. The molecule has 0 spiro atoms. The number of aromatic amines is 1. The lowest BCUT2D eigenvalue weighted by Gasteiger charge is -2.20. The van der Waals surface area contributed by atoms with Crippen LogP contribution in [0.3, 0.4) is 0 Å². The number of hydrogen-bond donors (Lipinski definition) is 4. The number of rotatable bonds is 4. The van der Waals surface area contributed by atoms with E-state index in [1.165, 1.54) is 0 Å². The van der Waals surface area contributed by atoms with E-state index in [2.05, 4.69) is 25.8 Å². The van der Waals surface area contributed by atoms with Crippen LogP contribution >= 0.6 is 0 Å². The van der Waals surface area contributed by atoms with Crippen LogP contribution in [0.5, 0.6) is 0 Å². The Balaban J connectivity index is 2.23. The number of carbonyl (C=O) groups is 1. The zero-order valence-electron chi connectivity index (χ0n) is 9.79. The standard InChI is InChI=1S/C9H18N6O/c1-9(2,3)13-6(16)4-5-11-8-12-7(10)14-15-8/h4-5H2,1-3H3,(H,13,16)(H4,10,11,12,14,15). The molecule has 1 aromatic rings. The van der Waals surface area contributed by atoms with Crippen molar-refractivity contribution < 1.29 is 4.79 Å². The van der Waals surface area contributed by atoms with Gasteiger partial charge in [0, 0.05) is 18.5 Å². The summed E-state index contributed by atoms with van der Waals surface area (Å²) in [5, 5.41) is 12.0. The Bertz CT molecular complexity index is 353. The normalized spacial score (nSPS) is 11.2. The number of carbonyl (C=O) groups excluding carboxylic acids is 1. The Morgan fingerprint density at radius 3 is 2.69 bits per heavy atom. The summed E-state index contributed by atoms with van der Waals surface area (Å²) in [5.74, 6) is 0.645. The van der Waals surface area contributed by atoms with Gasteiger partial charge in [-0.25, -0.2) is 5.10 Å². The molecule has 0 aromatic carbocycles. The van der Waals surface area contributed by atoms with Gasteiger partial charge >= 0.3 is 0 Å². The average Bonchev–Trinajstić information content (AvgIpc) is 2.48. The first-order chi connectivity index (χ1) is 7.37. The van der Waals surface area contributed by atoms with Gasteiger partial charge in [0.15, 0.2) is 0 Å². The fourth-order valence-electron chi connectivity index (χ4n) is 1.12. The molecule has 0 saturated carbocycles. The predicted molar refractivity (Wildman–Crippen MR) is 61.8 cm³/mol.